The van der Waals surface area contributed by atoms with Crippen molar-refractivity contribution in [2.75, 3.05) is 5.32 Å². The molecule has 5 amide bonds. The fourth-order valence-electron chi connectivity index (χ4n) is 4.32. The zero-order chi connectivity index (χ0) is 23.4. The molecule has 1 unspecified atom stereocenters. The van der Waals surface area contributed by atoms with Crippen LogP contribution >= 0.6 is 0 Å². The summed E-state index contributed by atoms with van der Waals surface area (Å²) in [5.74, 6) is -2.16. The lowest BCUT2D eigenvalue weighted by molar-refractivity contribution is -0.136. The first-order chi connectivity index (χ1) is 15.0. The van der Waals surface area contributed by atoms with Gasteiger partial charge in [-0.2, -0.15) is 0 Å². The molecule has 2 aromatic rings. The van der Waals surface area contributed by atoms with Crippen molar-refractivity contribution in [2.24, 2.45) is 0 Å². The lowest BCUT2D eigenvalue weighted by Crippen LogP contribution is -2.54. The molecule has 0 spiro atoms. The summed E-state index contributed by atoms with van der Waals surface area (Å²) in [6, 6.07) is 3.35. The predicted octanol–water partition coefficient (Wildman–Crippen LogP) is 1.61. The van der Waals surface area contributed by atoms with Gasteiger partial charge in [0, 0.05) is 17.7 Å². The average molecular weight is 438 g/mol. The number of nitrogens with one attached hydrogen (secondary N) is 2. The topological polar surface area (TPSA) is 139 Å². The smallest absolute Gasteiger partial charge is 0.262 e. The molecular formula is C22H22N4O6. The molecule has 3 heterocycles. The van der Waals surface area contributed by atoms with Crippen LogP contribution in [-0.2, 0) is 19.8 Å². The summed E-state index contributed by atoms with van der Waals surface area (Å²) in [5.41, 5.74) is 0.880. The first-order valence-corrected chi connectivity index (χ1v) is 10.1. The van der Waals surface area contributed by atoms with E-state index in [4.69, 9.17) is 4.52 Å². The number of aryl methyl sites for hydroxylation is 2. The number of benzene rings is 1. The van der Waals surface area contributed by atoms with E-state index in [0.717, 1.165) is 4.90 Å². The third kappa shape index (κ3) is 3.28. The molecule has 2 aliphatic rings. The highest BCUT2D eigenvalue weighted by Crippen LogP contribution is 2.32. The van der Waals surface area contributed by atoms with Crippen LogP contribution in [0.2, 0.25) is 0 Å². The van der Waals surface area contributed by atoms with E-state index in [1.807, 2.05) is 0 Å². The van der Waals surface area contributed by atoms with Crippen molar-refractivity contribution < 1.29 is 28.5 Å². The Balaban J connectivity index is 1.58. The molecule has 10 nitrogen and oxygen atoms in total. The van der Waals surface area contributed by atoms with Crippen LogP contribution in [0.25, 0.3) is 0 Å². The molecule has 0 saturated carbocycles. The summed E-state index contributed by atoms with van der Waals surface area (Å²) >= 11 is 0. The van der Waals surface area contributed by atoms with Gasteiger partial charge in [0.25, 0.3) is 11.8 Å². The molecule has 1 fully saturated rings. The molecular weight excluding hydrogens is 416 g/mol. The van der Waals surface area contributed by atoms with Gasteiger partial charge in [-0.1, -0.05) is 5.16 Å². The van der Waals surface area contributed by atoms with Crippen LogP contribution in [0.15, 0.2) is 22.7 Å². The largest absolute Gasteiger partial charge is 0.361 e. The maximum Gasteiger partial charge on any atom is 0.262 e. The van der Waals surface area contributed by atoms with E-state index in [-0.39, 0.29) is 29.9 Å². The second-order valence-corrected chi connectivity index (χ2v) is 8.49. The number of hydrogen-bond acceptors (Lipinski definition) is 7. The maximum atomic E-state index is 13.0. The number of carbonyl (C=O) groups excluding carboxylic acids is 5. The zero-order valence-corrected chi connectivity index (χ0v) is 18.1. The highest BCUT2D eigenvalue weighted by atomic mass is 16.5. The predicted molar refractivity (Wildman–Crippen MR) is 111 cm³/mol. The van der Waals surface area contributed by atoms with E-state index >= 15 is 0 Å². The van der Waals surface area contributed by atoms with Crippen LogP contribution in [0.4, 0.5) is 5.69 Å². The van der Waals surface area contributed by atoms with Crippen molar-refractivity contribution in [2.45, 2.75) is 52.0 Å². The second-order valence-electron chi connectivity index (χ2n) is 8.49. The Hall–Kier alpha value is -3.82. The highest BCUT2D eigenvalue weighted by molar-refractivity contribution is 6.24. The molecule has 0 aliphatic carbocycles. The number of anilines is 1. The zero-order valence-electron chi connectivity index (χ0n) is 18.1. The third-order valence-corrected chi connectivity index (χ3v) is 5.92. The van der Waals surface area contributed by atoms with Crippen LogP contribution in [0.3, 0.4) is 0 Å². The molecule has 1 atom stereocenters. The Bertz CT molecular complexity index is 1180. The standard InChI is InChI=1S/C22H22N4O6/c1-10-17(11(2)32-25-10)22(3,4)21(31)23-12-5-6-13-14(9-12)20(30)26(19(13)29)15-7-8-16(27)24-18(15)28/h5-6,9,15H,7-8H2,1-4H3,(H,23,31)(H,24,27,28). The Morgan fingerprint density at radius 3 is 2.47 bits per heavy atom. The number of imide groups is 2. The van der Waals surface area contributed by atoms with E-state index in [9.17, 15) is 24.0 Å². The van der Waals surface area contributed by atoms with Crippen LogP contribution in [0.5, 0.6) is 0 Å². The van der Waals surface area contributed by atoms with Gasteiger partial charge >= 0.3 is 0 Å². The van der Waals surface area contributed by atoms with Crippen LogP contribution in [0.1, 0.15) is 64.4 Å². The van der Waals surface area contributed by atoms with Crippen LogP contribution < -0.4 is 10.6 Å². The van der Waals surface area contributed by atoms with Gasteiger partial charge in [-0.05, 0) is 52.3 Å². The van der Waals surface area contributed by atoms with Crippen LogP contribution in [-0.4, -0.2) is 45.6 Å². The fraction of sp³-hybridized carbons (Fsp3) is 0.364. The Morgan fingerprint density at radius 1 is 1.16 bits per heavy atom. The van der Waals surface area contributed by atoms with Gasteiger partial charge in [-0.3, -0.25) is 34.2 Å². The van der Waals surface area contributed by atoms with Crippen molar-refractivity contribution in [1.82, 2.24) is 15.4 Å². The van der Waals surface area contributed by atoms with Crippen molar-refractivity contribution in [3.63, 3.8) is 0 Å². The van der Waals surface area contributed by atoms with E-state index in [1.54, 1.807) is 27.7 Å². The first-order valence-electron chi connectivity index (χ1n) is 10.1. The molecule has 2 N–H and O–H groups in total. The monoisotopic (exact) mass is 438 g/mol. The van der Waals surface area contributed by atoms with Gasteiger partial charge in [-0.15, -0.1) is 0 Å². The summed E-state index contributed by atoms with van der Waals surface area (Å²) in [5, 5.41) is 8.85. The number of aromatic nitrogens is 1. The molecule has 166 valence electrons. The number of hydrogen-bond donors (Lipinski definition) is 2. The van der Waals surface area contributed by atoms with Crippen molar-refractivity contribution in [3.05, 3.63) is 46.3 Å². The number of amides is 5. The molecule has 4 rings (SSSR count). The van der Waals surface area contributed by atoms with Gasteiger partial charge < -0.3 is 9.84 Å². The molecule has 0 bridgehead atoms. The number of carbonyl (C=O) groups is 5. The molecule has 1 saturated heterocycles. The van der Waals surface area contributed by atoms with Crippen LogP contribution in [0, 0.1) is 13.8 Å². The summed E-state index contributed by atoms with van der Waals surface area (Å²) in [6.45, 7) is 6.96. The maximum absolute atomic E-state index is 13.0. The van der Waals surface area contributed by atoms with E-state index in [2.05, 4.69) is 15.8 Å². The van der Waals surface area contributed by atoms with E-state index in [0.29, 0.717) is 22.7 Å². The number of nitrogens with zero attached hydrogens (tertiary/aromatic N) is 2. The third-order valence-electron chi connectivity index (χ3n) is 5.92. The minimum atomic E-state index is -1.04. The lowest BCUT2D eigenvalue weighted by Gasteiger charge is -2.27. The molecule has 10 heteroatoms. The molecule has 2 aliphatic heterocycles. The number of rotatable bonds is 4. The average Bonchev–Trinajstić information content (AvgIpc) is 3.19. The minimum Gasteiger partial charge on any atom is -0.361 e. The quantitative estimate of drug-likeness (QED) is 0.692. The molecule has 1 aromatic carbocycles. The Labute approximate surface area is 183 Å². The number of fused-ring (bicyclic) bond motifs is 1. The van der Waals surface area contributed by atoms with Gasteiger partial charge in [0.05, 0.1) is 22.2 Å². The van der Waals surface area contributed by atoms with Gasteiger partial charge in [0.1, 0.15) is 11.8 Å². The second kappa shape index (κ2) is 7.40. The Kier molecular flexibility index (Phi) is 4.95. The minimum absolute atomic E-state index is 0.0436. The van der Waals surface area contributed by atoms with E-state index in [1.165, 1.54) is 18.2 Å². The van der Waals surface area contributed by atoms with E-state index < -0.39 is 35.1 Å². The summed E-state index contributed by atoms with van der Waals surface area (Å²) < 4.78 is 5.18. The van der Waals surface area contributed by atoms with Gasteiger partial charge in [-0.25, -0.2) is 0 Å². The molecule has 1 aromatic heterocycles. The first kappa shape index (κ1) is 21.4. The van der Waals surface area contributed by atoms with Gasteiger partial charge in [0.2, 0.25) is 17.7 Å². The van der Waals surface area contributed by atoms with Crippen molar-refractivity contribution in [1.29, 1.82) is 0 Å². The normalized spacial score (nSPS) is 18.6. The van der Waals surface area contributed by atoms with Crippen molar-refractivity contribution in [3.8, 4) is 0 Å². The molecule has 32 heavy (non-hydrogen) atoms. The Morgan fingerprint density at radius 2 is 1.84 bits per heavy atom. The summed E-state index contributed by atoms with van der Waals surface area (Å²) in [7, 11) is 0. The van der Waals surface area contributed by atoms with Crippen molar-refractivity contribution >= 4 is 35.2 Å². The SMILES string of the molecule is Cc1noc(C)c1C(C)(C)C(=O)Nc1ccc2c(c1)C(=O)N(C1CCC(=O)NC1=O)C2=O. The number of piperidine rings is 1. The fourth-order valence-corrected chi connectivity index (χ4v) is 4.32. The lowest BCUT2D eigenvalue weighted by atomic mass is 9.82. The molecule has 0 radical (unpaired) electrons. The summed E-state index contributed by atoms with van der Waals surface area (Å²) in [4.78, 5) is 63.2. The highest BCUT2D eigenvalue weighted by Gasteiger charge is 2.45. The van der Waals surface area contributed by atoms with Gasteiger partial charge in [0.15, 0.2) is 0 Å². The summed E-state index contributed by atoms with van der Waals surface area (Å²) in [6.07, 6.45) is 0.118.